The molecule has 1 amide bonds. The fourth-order valence-electron chi connectivity index (χ4n) is 3.19. The second kappa shape index (κ2) is 7.04. The molecule has 2 saturated heterocycles. The van der Waals surface area contributed by atoms with Gasteiger partial charge in [-0.2, -0.15) is 5.10 Å². The normalized spacial score (nSPS) is 24.2. The Labute approximate surface area is 125 Å². The number of aromatic amines is 1. The van der Waals surface area contributed by atoms with Gasteiger partial charge in [-0.15, -0.1) is 0 Å². The zero-order chi connectivity index (χ0) is 14.5. The summed E-state index contributed by atoms with van der Waals surface area (Å²) in [6, 6.07) is 1.90. The van der Waals surface area contributed by atoms with Crippen LogP contribution >= 0.6 is 0 Å². The predicted octanol–water partition coefficient (Wildman–Crippen LogP) is 1.19. The van der Waals surface area contributed by atoms with Crippen LogP contribution in [-0.4, -0.2) is 65.3 Å². The summed E-state index contributed by atoms with van der Waals surface area (Å²) in [6.07, 6.45) is 6.19. The number of piperidine rings is 1. The molecule has 6 heteroatoms. The van der Waals surface area contributed by atoms with Crippen molar-refractivity contribution < 1.29 is 9.53 Å². The van der Waals surface area contributed by atoms with Gasteiger partial charge >= 0.3 is 0 Å². The summed E-state index contributed by atoms with van der Waals surface area (Å²) < 4.78 is 5.53. The minimum absolute atomic E-state index is 0.0184. The smallest absolute Gasteiger partial charge is 0.224 e. The molecule has 1 N–H and O–H groups in total. The quantitative estimate of drug-likeness (QED) is 0.905. The molecule has 3 rings (SSSR count). The summed E-state index contributed by atoms with van der Waals surface area (Å²) in [7, 11) is 0. The van der Waals surface area contributed by atoms with Gasteiger partial charge in [-0.05, 0) is 32.0 Å². The molecule has 21 heavy (non-hydrogen) atoms. The maximum Gasteiger partial charge on any atom is 0.224 e. The molecule has 116 valence electrons. The fourth-order valence-corrected chi connectivity index (χ4v) is 3.19. The van der Waals surface area contributed by atoms with E-state index in [1.54, 1.807) is 6.20 Å². The van der Waals surface area contributed by atoms with Crippen molar-refractivity contribution in [2.45, 2.75) is 31.7 Å². The average molecular weight is 292 g/mol. The topological polar surface area (TPSA) is 61.5 Å². The molecular weight excluding hydrogens is 268 g/mol. The van der Waals surface area contributed by atoms with Crippen molar-refractivity contribution in [2.75, 3.05) is 39.4 Å². The number of nitrogens with zero attached hydrogens (tertiary/aromatic N) is 3. The lowest BCUT2D eigenvalue weighted by atomic mass is 10.1. The van der Waals surface area contributed by atoms with E-state index in [0.29, 0.717) is 26.2 Å². The van der Waals surface area contributed by atoms with Crippen LogP contribution in [0.25, 0.3) is 0 Å². The largest absolute Gasteiger partial charge is 0.377 e. The third-order valence-corrected chi connectivity index (χ3v) is 4.42. The summed E-state index contributed by atoms with van der Waals surface area (Å²) in [5.41, 5.74) is 0.959. The Morgan fingerprint density at radius 3 is 2.95 bits per heavy atom. The number of nitrogens with one attached hydrogen (secondary N) is 1. The molecule has 0 radical (unpaired) electrons. The average Bonchev–Trinajstić information content (AvgIpc) is 3.08. The first-order chi connectivity index (χ1) is 10.3. The van der Waals surface area contributed by atoms with Crippen LogP contribution in [0.3, 0.4) is 0 Å². The second-order valence-corrected chi connectivity index (χ2v) is 5.84. The van der Waals surface area contributed by atoms with Crippen molar-refractivity contribution in [1.82, 2.24) is 20.0 Å². The fraction of sp³-hybridized carbons (Fsp3) is 0.733. The highest BCUT2D eigenvalue weighted by molar-refractivity contribution is 5.77. The molecule has 1 atom stereocenters. The SMILES string of the molecule is O=C(CCN1CCCCC1)N1CCOC[C@H]1c1ccn[nH]1. The van der Waals surface area contributed by atoms with Crippen molar-refractivity contribution in [3.8, 4) is 0 Å². The van der Waals surface area contributed by atoms with Gasteiger partial charge < -0.3 is 14.5 Å². The molecule has 6 nitrogen and oxygen atoms in total. The Bertz CT molecular complexity index is 443. The lowest BCUT2D eigenvalue weighted by Gasteiger charge is -2.35. The molecular formula is C15H24N4O2. The van der Waals surface area contributed by atoms with Gasteiger partial charge in [0.1, 0.15) is 0 Å². The van der Waals surface area contributed by atoms with E-state index in [-0.39, 0.29) is 11.9 Å². The lowest BCUT2D eigenvalue weighted by molar-refractivity contribution is -0.140. The van der Waals surface area contributed by atoms with Crippen molar-refractivity contribution in [3.63, 3.8) is 0 Å². The van der Waals surface area contributed by atoms with E-state index in [1.165, 1.54) is 19.3 Å². The van der Waals surface area contributed by atoms with E-state index in [0.717, 1.165) is 25.3 Å². The van der Waals surface area contributed by atoms with Crippen LogP contribution in [0.15, 0.2) is 12.3 Å². The highest BCUT2D eigenvalue weighted by Gasteiger charge is 2.29. The van der Waals surface area contributed by atoms with E-state index in [2.05, 4.69) is 15.1 Å². The van der Waals surface area contributed by atoms with Gasteiger partial charge in [0.15, 0.2) is 0 Å². The molecule has 0 spiro atoms. The van der Waals surface area contributed by atoms with Gasteiger partial charge in [-0.1, -0.05) is 6.42 Å². The molecule has 0 bridgehead atoms. The summed E-state index contributed by atoms with van der Waals surface area (Å²) in [5, 5.41) is 6.95. The van der Waals surface area contributed by atoms with Gasteiger partial charge in [0.05, 0.1) is 24.9 Å². The van der Waals surface area contributed by atoms with Crippen LogP contribution in [0.4, 0.5) is 0 Å². The summed E-state index contributed by atoms with van der Waals surface area (Å²) in [6.45, 7) is 5.01. The minimum atomic E-state index is -0.0184. The van der Waals surface area contributed by atoms with E-state index in [9.17, 15) is 4.79 Å². The number of hydrogen-bond acceptors (Lipinski definition) is 4. The maximum absolute atomic E-state index is 12.6. The third kappa shape index (κ3) is 3.63. The number of likely N-dealkylation sites (tertiary alicyclic amines) is 1. The lowest BCUT2D eigenvalue weighted by Crippen LogP contribution is -2.44. The Morgan fingerprint density at radius 2 is 2.19 bits per heavy atom. The molecule has 2 fully saturated rings. The monoisotopic (exact) mass is 292 g/mol. The van der Waals surface area contributed by atoms with Crippen molar-refractivity contribution >= 4 is 5.91 Å². The first-order valence-corrected chi connectivity index (χ1v) is 7.93. The Hall–Kier alpha value is -1.40. The van der Waals surface area contributed by atoms with Crippen molar-refractivity contribution in [2.24, 2.45) is 0 Å². The van der Waals surface area contributed by atoms with E-state index in [1.807, 2.05) is 11.0 Å². The predicted molar refractivity (Wildman–Crippen MR) is 78.8 cm³/mol. The summed E-state index contributed by atoms with van der Waals surface area (Å²) >= 11 is 0. The number of carbonyl (C=O) groups is 1. The Morgan fingerprint density at radius 1 is 1.33 bits per heavy atom. The number of aromatic nitrogens is 2. The summed E-state index contributed by atoms with van der Waals surface area (Å²) in [4.78, 5) is 16.9. The number of amides is 1. The Balaban J connectivity index is 1.56. The maximum atomic E-state index is 12.6. The molecule has 1 aromatic heterocycles. The number of rotatable bonds is 4. The van der Waals surface area contributed by atoms with Crippen LogP contribution in [0, 0.1) is 0 Å². The summed E-state index contributed by atoms with van der Waals surface area (Å²) in [5.74, 6) is 0.225. The molecule has 2 aliphatic rings. The number of ether oxygens (including phenoxy) is 1. The molecule has 0 aliphatic carbocycles. The second-order valence-electron chi connectivity index (χ2n) is 5.84. The van der Waals surface area contributed by atoms with Crippen LogP contribution < -0.4 is 0 Å². The number of H-pyrrole nitrogens is 1. The molecule has 0 saturated carbocycles. The molecule has 0 aromatic carbocycles. The molecule has 1 aromatic rings. The van der Waals surface area contributed by atoms with E-state index in [4.69, 9.17) is 4.74 Å². The first-order valence-electron chi connectivity index (χ1n) is 7.93. The van der Waals surface area contributed by atoms with Gasteiger partial charge in [-0.25, -0.2) is 0 Å². The van der Waals surface area contributed by atoms with Crippen LogP contribution in [-0.2, 0) is 9.53 Å². The number of morpholine rings is 1. The zero-order valence-corrected chi connectivity index (χ0v) is 12.5. The third-order valence-electron chi connectivity index (χ3n) is 4.42. The molecule has 2 aliphatic heterocycles. The number of carbonyl (C=O) groups excluding carboxylic acids is 1. The highest BCUT2D eigenvalue weighted by atomic mass is 16.5. The highest BCUT2D eigenvalue weighted by Crippen LogP contribution is 2.23. The molecule has 3 heterocycles. The van der Waals surface area contributed by atoms with Gasteiger partial charge in [0, 0.05) is 25.7 Å². The van der Waals surface area contributed by atoms with Gasteiger partial charge in [-0.3, -0.25) is 9.89 Å². The minimum Gasteiger partial charge on any atom is -0.377 e. The first kappa shape index (κ1) is 14.5. The zero-order valence-electron chi connectivity index (χ0n) is 12.5. The van der Waals surface area contributed by atoms with Crippen molar-refractivity contribution in [1.29, 1.82) is 0 Å². The Kier molecular flexibility index (Phi) is 4.87. The standard InChI is InChI=1S/C15H24N4O2/c20-15(5-9-18-7-2-1-3-8-18)19-10-11-21-12-14(19)13-4-6-16-17-13/h4,6,14H,1-3,5,7-12H2,(H,16,17)/t14-/m0/s1. The number of hydrogen-bond donors (Lipinski definition) is 1. The molecule has 0 unspecified atom stereocenters. The van der Waals surface area contributed by atoms with Gasteiger partial charge in [0.25, 0.3) is 0 Å². The van der Waals surface area contributed by atoms with E-state index < -0.39 is 0 Å². The van der Waals surface area contributed by atoms with Gasteiger partial charge in [0.2, 0.25) is 5.91 Å². The van der Waals surface area contributed by atoms with Crippen LogP contribution in [0.2, 0.25) is 0 Å². The van der Waals surface area contributed by atoms with Crippen LogP contribution in [0.5, 0.6) is 0 Å². The van der Waals surface area contributed by atoms with E-state index >= 15 is 0 Å². The van der Waals surface area contributed by atoms with Crippen LogP contribution in [0.1, 0.15) is 37.4 Å². The van der Waals surface area contributed by atoms with Crippen molar-refractivity contribution in [3.05, 3.63) is 18.0 Å².